The number of carbonyl (C=O) groups is 1. The summed E-state index contributed by atoms with van der Waals surface area (Å²) < 4.78 is 48.9. The molecule has 1 rings (SSSR count). The molecule has 0 saturated carbocycles. The van der Waals surface area contributed by atoms with Crippen LogP contribution in [0.1, 0.15) is 12.5 Å². The van der Waals surface area contributed by atoms with Crippen LogP contribution in [-0.2, 0) is 11.3 Å². The highest BCUT2D eigenvalue weighted by atomic mass is 19.4. The molecule has 1 aromatic rings. The van der Waals surface area contributed by atoms with Crippen LogP contribution in [0.15, 0.2) is 24.3 Å². The Kier molecular flexibility index (Phi) is 5.94. The second-order valence-electron chi connectivity index (χ2n) is 4.33. The molecule has 0 aliphatic heterocycles. The predicted molar refractivity (Wildman–Crippen MR) is 66.4 cm³/mol. The van der Waals surface area contributed by atoms with E-state index < -0.39 is 18.6 Å². The van der Waals surface area contributed by atoms with Crippen molar-refractivity contribution in [1.29, 1.82) is 0 Å². The number of nitrogens with zero attached hydrogens (tertiary/aromatic N) is 1. The number of carbonyl (C=O) groups excluding carboxylic acids is 1. The molecule has 112 valence electrons. The van der Waals surface area contributed by atoms with Crippen LogP contribution in [0.4, 0.5) is 17.6 Å². The Labute approximate surface area is 114 Å². The standard InChI is InChI=1S/C13H16F4N2O/c1-2-19(7-10-4-3-5-11(14)6-10)8-12(20)18-9-13(15,16)17/h3-6H,2,7-9H2,1H3,(H,18,20). The average molecular weight is 292 g/mol. The number of hydrogen-bond donors (Lipinski definition) is 1. The van der Waals surface area contributed by atoms with E-state index in [1.165, 1.54) is 12.1 Å². The summed E-state index contributed by atoms with van der Waals surface area (Å²) in [6.45, 7) is 1.03. The minimum Gasteiger partial charge on any atom is -0.346 e. The molecular weight excluding hydrogens is 276 g/mol. The first-order chi connectivity index (χ1) is 9.30. The van der Waals surface area contributed by atoms with Crippen molar-refractivity contribution in [3.05, 3.63) is 35.6 Å². The summed E-state index contributed by atoms with van der Waals surface area (Å²) in [5.41, 5.74) is 0.662. The van der Waals surface area contributed by atoms with Gasteiger partial charge in [0.2, 0.25) is 5.91 Å². The van der Waals surface area contributed by atoms with Crippen molar-refractivity contribution in [3.63, 3.8) is 0 Å². The minimum atomic E-state index is -4.42. The van der Waals surface area contributed by atoms with E-state index in [0.29, 0.717) is 18.7 Å². The fraction of sp³-hybridized carbons (Fsp3) is 0.462. The van der Waals surface area contributed by atoms with Gasteiger partial charge in [-0.25, -0.2) is 4.39 Å². The van der Waals surface area contributed by atoms with Gasteiger partial charge in [-0.05, 0) is 24.2 Å². The maximum atomic E-state index is 13.0. The lowest BCUT2D eigenvalue weighted by Gasteiger charge is -2.20. The van der Waals surface area contributed by atoms with Crippen molar-refractivity contribution in [2.45, 2.75) is 19.6 Å². The molecule has 20 heavy (non-hydrogen) atoms. The number of benzene rings is 1. The van der Waals surface area contributed by atoms with Crippen molar-refractivity contribution < 1.29 is 22.4 Å². The normalized spacial score (nSPS) is 11.7. The van der Waals surface area contributed by atoms with Gasteiger partial charge in [0.15, 0.2) is 0 Å². The van der Waals surface area contributed by atoms with Gasteiger partial charge in [-0.3, -0.25) is 9.69 Å². The Balaban J connectivity index is 2.49. The Morgan fingerprint density at radius 2 is 2.05 bits per heavy atom. The fourth-order valence-electron chi connectivity index (χ4n) is 1.63. The van der Waals surface area contributed by atoms with Crippen molar-refractivity contribution in [2.24, 2.45) is 0 Å². The smallest absolute Gasteiger partial charge is 0.346 e. The second-order valence-corrected chi connectivity index (χ2v) is 4.33. The first kappa shape index (κ1) is 16.4. The molecular formula is C13H16F4N2O. The maximum Gasteiger partial charge on any atom is 0.405 e. The molecule has 0 aromatic heterocycles. The summed E-state index contributed by atoms with van der Waals surface area (Å²) in [4.78, 5) is 13.0. The summed E-state index contributed by atoms with van der Waals surface area (Å²) >= 11 is 0. The molecule has 0 fully saturated rings. The molecule has 0 bridgehead atoms. The molecule has 0 radical (unpaired) electrons. The van der Waals surface area contributed by atoms with E-state index in [9.17, 15) is 22.4 Å². The van der Waals surface area contributed by atoms with Gasteiger partial charge in [-0.2, -0.15) is 13.2 Å². The number of hydrogen-bond acceptors (Lipinski definition) is 2. The van der Waals surface area contributed by atoms with Gasteiger partial charge in [0.1, 0.15) is 12.4 Å². The van der Waals surface area contributed by atoms with Gasteiger partial charge in [0.25, 0.3) is 0 Å². The highest BCUT2D eigenvalue weighted by Crippen LogP contribution is 2.12. The molecule has 0 spiro atoms. The van der Waals surface area contributed by atoms with Crippen LogP contribution in [0, 0.1) is 5.82 Å². The van der Waals surface area contributed by atoms with Gasteiger partial charge in [-0.1, -0.05) is 19.1 Å². The van der Waals surface area contributed by atoms with Crippen LogP contribution >= 0.6 is 0 Å². The van der Waals surface area contributed by atoms with Gasteiger partial charge >= 0.3 is 6.18 Å². The third-order valence-corrected chi connectivity index (χ3v) is 2.60. The summed E-state index contributed by atoms with van der Waals surface area (Å²) in [5, 5.41) is 1.80. The highest BCUT2D eigenvalue weighted by Gasteiger charge is 2.27. The number of likely N-dealkylation sites (N-methyl/N-ethyl adjacent to an activating group) is 1. The highest BCUT2D eigenvalue weighted by molar-refractivity contribution is 5.78. The van der Waals surface area contributed by atoms with Crippen LogP contribution < -0.4 is 5.32 Å². The van der Waals surface area contributed by atoms with E-state index in [-0.39, 0.29) is 12.4 Å². The SMILES string of the molecule is CCN(CC(=O)NCC(F)(F)F)Cc1cccc(F)c1. The molecule has 0 heterocycles. The van der Waals surface area contributed by atoms with Crippen LogP contribution in [0.25, 0.3) is 0 Å². The van der Waals surface area contributed by atoms with Crippen molar-refractivity contribution >= 4 is 5.91 Å². The zero-order chi connectivity index (χ0) is 15.2. The number of halogens is 4. The molecule has 7 heteroatoms. The Morgan fingerprint density at radius 1 is 1.35 bits per heavy atom. The third kappa shape index (κ3) is 6.51. The Bertz CT molecular complexity index is 448. The van der Waals surface area contributed by atoms with Crippen molar-refractivity contribution in [3.8, 4) is 0 Å². The Morgan fingerprint density at radius 3 is 2.60 bits per heavy atom. The van der Waals surface area contributed by atoms with Gasteiger partial charge in [0, 0.05) is 6.54 Å². The van der Waals surface area contributed by atoms with E-state index in [2.05, 4.69) is 0 Å². The molecule has 3 nitrogen and oxygen atoms in total. The molecule has 1 aromatic carbocycles. The van der Waals surface area contributed by atoms with Crippen LogP contribution in [0.2, 0.25) is 0 Å². The monoisotopic (exact) mass is 292 g/mol. The quantitative estimate of drug-likeness (QED) is 0.816. The summed E-state index contributed by atoms with van der Waals surface area (Å²) in [6.07, 6.45) is -4.42. The first-order valence-corrected chi connectivity index (χ1v) is 6.10. The van der Waals surface area contributed by atoms with E-state index >= 15 is 0 Å². The molecule has 0 unspecified atom stereocenters. The van der Waals surface area contributed by atoms with Crippen LogP contribution in [0.5, 0.6) is 0 Å². The lowest BCUT2D eigenvalue weighted by atomic mass is 10.2. The second kappa shape index (κ2) is 7.23. The molecule has 0 atom stereocenters. The molecule has 1 N–H and O–H groups in total. The fourth-order valence-corrected chi connectivity index (χ4v) is 1.63. The summed E-state index contributed by atoms with van der Waals surface area (Å²) in [7, 11) is 0. The lowest BCUT2D eigenvalue weighted by Crippen LogP contribution is -2.40. The number of rotatable bonds is 6. The Hall–Kier alpha value is -1.63. The average Bonchev–Trinajstić information content (AvgIpc) is 2.35. The van der Waals surface area contributed by atoms with E-state index in [1.807, 2.05) is 0 Å². The van der Waals surface area contributed by atoms with Gasteiger partial charge in [-0.15, -0.1) is 0 Å². The lowest BCUT2D eigenvalue weighted by molar-refractivity contribution is -0.139. The van der Waals surface area contributed by atoms with Crippen LogP contribution in [-0.4, -0.2) is 36.6 Å². The van der Waals surface area contributed by atoms with Crippen LogP contribution in [0.3, 0.4) is 0 Å². The molecule has 0 aliphatic carbocycles. The zero-order valence-corrected chi connectivity index (χ0v) is 11.0. The predicted octanol–water partition coefficient (Wildman–Crippen LogP) is 2.33. The molecule has 1 amide bonds. The summed E-state index contributed by atoms with van der Waals surface area (Å²) in [6, 6.07) is 5.87. The molecule has 0 saturated heterocycles. The maximum absolute atomic E-state index is 13.0. The van der Waals surface area contributed by atoms with E-state index in [0.717, 1.165) is 0 Å². The number of alkyl halides is 3. The summed E-state index contributed by atoms with van der Waals surface area (Å²) in [5.74, 6) is -1.10. The third-order valence-electron chi connectivity index (χ3n) is 2.60. The van der Waals surface area contributed by atoms with E-state index in [1.54, 1.807) is 29.3 Å². The van der Waals surface area contributed by atoms with Gasteiger partial charge in [0.05, 0.1) is 6.54 Å². The molecule has 0 aliphatic rings. The zero-order valence-electron chi connectivity index (χ0n) is 11.0. The van der Waals surface area contributed by atoms with E-state index in [4.69, 9.17) is 0 Å². The van der Waals surface area contributed by atoms with Crippen molar-refractivity contribution in [2.75, 3.05) is 19.6 Å². The number of amides is 1. The van der Waals surface area contributed by atoms with Crippen molar-refractivity contribution in [1.82, 2.24) is 10.2 Å². The topological polar surface area (TPSA) is 32.3 Å². The first-order valence-electron chi connectivity index (χ1n) is 6.10. The number of nitrogens with one attached hydrogen (secondary N) is 1. The largest absolute Gasteiger partial charge is 0.405 e. The minimum absolute atomic E-state index is 0.164. The van der Waals surface area contributed by atoms with Gasteiger partial charge < -0.3 is 5.32 Å².